The molecule has 0 aliphatic heterocycles. The van der Waals surface area contributed by atoms with E-state index < -0.39 is 5.97 Å². The van der Waals surface area contributed by atoms with E-state index in [0.29, 0.717) is 17.7 Å². The molecule has 0 fully saturated rings. The van der Waals surface area contributed by atoms with Gasteiger partial charge in [0.15, 0.2) is 0 Å². The van der Waals surface area contributed by atoms with Crippen LogP contribution >= 0.6 is 22.6 Å². The molecule has 1 aromatic carbocycles. The van der Waals surface area contributed by atoms with E-state index in [0.717, 1.165) is 3.57 Å². The van der Waals surface area contributed by atoms with Gasteiger partial charge in [-0.05, 0) is 47.2 Å². The quantitative estimate of drug-likeness (QED) is 0.775. The van der Waals surface area contributed by atoms with Crippen LogP contribution in [-0.2, 0) is 13.5 Å². The molecule has 0 unspecified atom stereocenters. The van der Waals surface area contributed by atoms with E-state index >= 15 is 0 Å². The summed E-state index contributed by atoms with van der Waals surface area (Å²) in [5, 5.41) is 16.1. The minimum Gasteiger partial charge on any atom is -0.478 e. The third kappa shape index (κ3) is 3.41. The van der Waals surface area contributed by atoms with Crippen LogP contribution in [0.4, 0.5) is 5.69 Å². The maximum Gasteiger partial charge on any atom is 0.337 e. The number of nitrogens with zero attached hydrogens (tertiary/aromatic N) is 2. The van der Waals surface area contributed by atoms with Gasteiger partial charge in [-0.3, -0.25) is 9.48 Å². The number of benzene rings is 1. The van der Waals surface area contributed by atoms with Gasteiger partial charge in [-0.25, -0.2) is 4.79 Å². The number of carbonyl (C=O) groups is 2. The molecule has 0 atom stereocenters. The van der Waals surface area contributed by atoms with Gasteiger partial charge in [0.2, 0.25) is 0 Å². The van der Waals surface area contributed by atoms with Gasteiger partial charge in [0.25, 0.3) is 5.91 Å². The molecule has 1 aromatic heterocycles. The van der Waals surface area contributed by atoms with Crippen LogP contribution in [-0.4, -0.2) is 26.8 Å². The van der Waals surface area contributed by atoms with Crippen molar-refractivity contribution in [1.29, 1.82) is 0 Å². The number of carbonyl (C=O) groups excluding carboxylic acids is 1. The fourth-order valence-corrected chi connectivity index (χ4v) is 2.47. The number of hydrogen-bond acceptors (Lipinski definition) is 3. The highest BCUT2D eigenvalue weighted by atomic mass is 127. The lowest BCUT2D eigenvalue weighted by Gasteiger charge is -2.08. The first-order chi connectivity index (χ1) is 9.92. The minimum absolute atomic E-state index is 0.0668. The largest absolute Gasteiger partial charge is 0.478 e. The third-order valence-corrected chi connectivity index (χ3v) is 3.62. The van der Waals surface area contributed by atoms with Gasteiger partial charge in [0.05, 0.1) is 22.5 Å². The lowest BCUT2D eigenvalue weighted by Crippen LogP contribution is -2.16. The van der Waals surface area contributed by atoms with Crippen LogP contribution in [0.1, 0.15) is 33.3 Å². The Kier molecular flexibility index (Phi) is 4.61. The Morgan fingerprint density at radius 3 is 2.71 bits per heavy atom. The first-order valence-corrected chi connectivity index (χ1v) is 7.37. The summed E-state index contributed by atoms with van der Waals surface area (Å²) in [6.45, 7) is 1.91. The molecule has 1 amide bonds. The van der Waals surface area contributed by atoms with Crippen molar-refractivity contribution in [3.05, 3.63) is 44.8 Å². The highest BCUT2D eigenvalue weighted by molar-refractivity contribution is 14.1. The van der Waals surface area contributed by atoms with Crippen molar-refractivity contribution in [2.24, 2.45) is 7.05 Å². The second-order valence-corrected chi connectivity index (χ2v) is 5.71. The number of aryl methyl sites for hydroxylation is 2. The monoisotopic (exact) mass is 399 g/mol. The third-order valence-electron chi connectivity index (χ3n) is 2.95. The number of aromatic carboxylic acids is 1. The fraction of sp³-hybridized carbons (Fsp3) is 0.214. The summed E-state index contributed by atoms with van der Waals surface area (Å²) < 4.78 is 2.36. The van der Waals surface area contributed by atoms with Gasteiger partial charge in [0, 0.05) is 16.8 Å². The zero-order valence-corrected chi connectivity index (χ0v) is 13.7. The van der Waals surface area contributed by atoms with E-state index in [1.54, 1.807) is 30.1 Å². The Morgan fingerprint density at radius 1 is 1.38 bits per heavy atom. The van der Waals surface area contributed by atoms with Crippen LogP contribution in [0.3, 0.4) is 0 Å². The van der Waals surface area contributed by atoms with Crippen LogP contribution in [0, 0.1) is 3.57 Å². The molecular formula is C14H14IN3O3. The maximum absolute atomic E-state index is 12.3. The van der Waals surface area contributed by atoms with Crippen molar-refractivity contribution >= 4 is 40.2 Å². The molecule has 110 valence electrons. The summed E-state index contributed by atoms with van der Waals surface area (Å²) in [6, 6.07) is 4.85. The Bertz CT molecular complexity index is 709. The number of amides is 1. The predicted molar refractivity (Wildman–Crippen MR) is 86.7 cm³/mol. The molecule has 2 N–H and O–H groups in total. The molecule has 0 bridgehead atoms. The van der Waals surface area contributed by atoms with Gasteiger partial charge in [-0.2, -0.15) is 5.10 Å². The molecular weight excluding hydrogens is 385 g/mol. The summed E-state index contributed by atoms with van der Waals surface area (Å²) >= 11 is 2.03. The lowest BCUT2D eigenvalue weighted by molar-refractivity contribution is 0.0698. The molecule has 0 radical (unpaired) electrons. The molecule has 0 saturated carbocycles. The summed E-state index contributed by atoms with van der Waals surface area (Å²) in [7, 11) is 1.74. The first kappa shape index (κ1) is 15.5. The maximum atomic E-state index is 12.3. The zero-order chi connectivity index (χ0) is 15.6. The van der Waals surface area contributed by atoms with Crippen LogP contribution in [0.25, 0.3) is 0 Å². The number of carboxylic acids is 1. The van der Waals surface area contributed by atoms with E-state index in [-0.39, 0.29) is 17.2 Å². The van der Waals surface area contributed by atoms with Crippen molar-refractivity contribution in [2.45, 2.75) is 13.3 Å². The van der Waals surface area contributed by atoms with Gasteiger partial charge in [-0.15, -0.1) is 0 Å². The number of halogens is 1. The standard InChI is InChI=1S/C14H14IN3O3/c1-3-11-10(7-18(2)17-11)13(19)16-12-5-4-8(15)6-9(12)14(20)21/h4-7H,3H2,1-2H3,(H,16,19)(H,20,21). The summed E-state index contributed by atoms with van der Waals surface area (Å²) in [6.07, 6.45) is 2.25. The van der Waals surface area contributed by atoms with Crippen LogP contribution in [0.15, 0.2) is 24.4 Å². The molecule has 0 aliphatic rings. The van der Waals surface area contributed by atoms with Gasteiger partial charge >= 0.3 is 5.97 Å². The lowest BCUT2D eigenvalue weighted by atomic mass is 10.1. The topological polar surface area (TPSA) is 84.2 Å². The van der Waals surface area contributed by atoms with Crippen LogP contribution in [0.2, 0.25) is 0 Å². The zero-order valence-electron chi connectivity index (χ0n) is 11.6. The molecule has 6 nitrogen and oxygen atoms in total. The number of aromatic nitrogens is 2. The Morgan fingerprint density at radius 2 is 2.10 bits per heavy atom. The van der Waals surface area contributed by atoms with E-state index in [9.17, 15) is 14.7 Å². The Labute approximate surface area is 135 Å². The van der Waals surface area contributed by atoms with E-state index in [4.69, 9.17) is 0 Å². The molecule has 1 heterocycles. The van der Waals surface area contributed by atoms with E-state index in [2.05, 4.69) is 10.4 Å². The van der Waals surface area contributed by atoms with Crippen LogP contribution < -0.4 is 5.32 Å². The second-order valence-electron chi connectivity index (χ2n) is 4.47. The fourth-order valence-electron chi connectivity index (χ4n) is 1.98. The van der Waals surface area contributed by atoms with Crippen molar-refractivity contribution in [1.82, 2.24) is 9.78 Å². The van der Waals surface area contributed by atoms with Crippen molar-refractivity contribution < 1.29 is 14.7 Å². The number of anilines is 1. The second kappa shape index (κ2) is 6.25. The number of nitrogens with one attached hydrogen (secondary N) is 1. The van der Waals surface area contributed by atoms with E-state index in [1.807, 2.05) is 29.5 Å². The average molecular weight is 399 g/mol. The Balaban J connectivity index is 2.33. The van der Waals surface area contributed by atoms with Gasteiger partial charge in [-0.1, -0.05) is 6.92 Å². The molecule has 2 aromatic rings. The summed E-state index contributed by atoms with van der Waals surface area (Å²) in [5.74, 6) is -1.44. The molecule has 7 heteroatoms. The van der Waals surface area contributed by atoms with Gasteiger partial charge < -0.3 is 10.4 Å². The van der Waals surface area contributed by atoms with Crippen molar-refractivity contribution in [2.75, 3.05) is 5.32 Å². The van der Waals surface area contributed by atoms with Crippen molar-refractivity contribution in [3.63, 3.8) is 0 Å². The summed E-state index contributed by atoms with van der Waals surface area (Å²) in [4.78, 5) is 23.6. The summed E-state index contributed by atoms with van der Waals surface area (Å²) in [5.41, 5.74) is 1.48. The molecule has 21 heavy (non-hydrogen) atoms. The Hall–Kier alpha value is -1.90. The predicted octanol–water partition coefficient (Wildman–Crippen LogP) is 2.54. The first-order valence-electron chi connectivity index (χ1n) is 6.29. The SMILES string of the molecule is CCc1nn(C)cc1C(=O)Nc1ccc(I)cc1C(=O)O. The average Bonchev–Trinajstić information content (AvgIpc) is 2.81. The number of hydrogen-bond donors (Lipinski definition) is 2. The van der Waals surface area contributed by atoms with Crippen molar-refractivity contribution in [3.8, 4) is 0 Å². The van der Waals surface area contributed by atoms with Crippen LogP contribution in [0.5, 0.6) is 0 Å². The van der Waals surface area contributed by atoms with E-state index in [1.165, 1.54) is 6.07 Å². The smallest absolute Gasteiger partial charge is 0.337 e. The normalized spacial score (nSPS) is 10.4. The highest BCUT2D eigenvalue weighted by Gasteiger charge is 2.18. The highest BCUT2D eigenvalue weighted by Crippen LogP contribution is 2.20. The molecule has 2 rings (SSSR count). The number of carboxylic acid groups (broad SMARTS) is 1. The molecule has 0 saturated heterocycles. The minimum atomic E-state index is -1.08. The number of rotatable bonds is 4. The van der Waals surface area contributed by atoms with Gasteiger partial charge in [0.1, 0.15) is 0 Å². The molecule has 0 aliphatic carbocycles. The molecule has 0 spiro atoms.